The first-order valence-electron chi connectivity index (χ1n) is 5.96. The fourth-order valence-electron chi connectivity index (χ4n) is 1.65. The molecule has 2 aromatic rings. The van der Waals surface area contributed by atoms with E-state index in [0.29, 0.717) is 0 Å². The van der Waals surface area contributed by atoms with Crippen LogP contribution in [0, 0.1) is 0 Å². The Morgan fingerprint density at radius 3 is 1.50 bits per heavy atom. The van der Waals surface area contributed by atoms with Crippen LogP contribution >= 0.6 is 37.2 Å². The molecule has 20 heavy (non-hydrogen) atoms. The summed E-state index contributed by atoms with van der Waals surface area (Å²) >= 11 is 0. The molecule has 0 spiro atoms. The molecule has 0 unspecified atom stereocenters. The maximum atomic E-state index is 4.28. The smallest absolute Gasteiger partial charge is 0.0416 e. The van der Waals surface area contributed by atoms with Crippen molar-refractivity contribution in [2.75, 3.05) is 13.1 Å². The van der Waals surface area contributed by atoms with Gasteiger partial charge in [0.05, 0.1) is 0 Å². The van der Waals surface area contributed by atoms with Crippen LogP contribution in [0.2, 0.25) is 0 Å². The molecule has 3 nitrogen and oxygen atoms in total. The van der Waals surface area contributed by atoms with Crippen LogP contribution in [-0.4, -0.2) is 23.1 Å². The molecule has 0 aromatic carbocycles. The lowest BCUT2D eigenvalue weighted by molar-refractivity contribution is 0.670. The Morgan fingerprint density at radius 1 is 0.700 bits per heavy atom. The number of rotatable bonds is 6. The summed E-state index contributed by atoms with van der Waals surface area (Å²) in [7, 11) is 0. The first-order chi connectivity index (χ1) is 8.45. The van der Waals surface area contributed by atoms with Gasteiger partial charge in [-0.25, -0.2) is 0 Å². The van der Waals surface area contributed by atoms with Gasteiger partial charge in [0.25, 0.3) is 0 Å². The van der Waals surface area contributed by atoms with E-state index < -0.39 is 0 Å². The monoisotopic (exact) mass is 335 g/mol. The Bertz CT molecular complexity index is 385. The summed E-state index contributed by atoms with van der Waals surface area (Å²) in [5.41, 5.74) is 2.27. The van der Waals surface area contributed by atoms with Crippen LogP contribution in [0.5, 0.6) is 0 Å². The minimum atomic E-state index is 0. The van der Waals surface area contributed by atoms with Crippen molar-refractivity contribution in [3.8, 4) is 0 Å². The molecule has 2 rings (SSSR count). The van der Waals surface area contributed by atoms with Gasteiger partial charge in [-0.1, -0.05) is 12.1 Å². The highest BCUT2D eigenvalue weighted by molar-refractivity contribution is 5.86. The van der Waals surface area contributed by atoms with Crippen LogP contribution < -0.4 is 5.32 Å². The lowest BCUT2D eigenvalue weighted by Crippen LogP contribution is -2.20. The van der Waals surface area contributed by atoms with Crippen LogP contribution in [0.3, 0.4) is 0 Å². The summed E-state index contributed by atoms with van der Waals surface area (Å²) in [5, 5.41) is 3.40. The molecule has 0 amide bonds. The average Bonchev–Trinajstić information content (AvgIpc) is 2.41. The van der Waals surface area contributed by atoms with Crippen LogP contribution in [0.25, 0.3) is 0 Å². The summed E-state index contributed by atoms with van der Waals surface area (Å²) in [6, 6.07) is 12.0. The van der Waals surface area contributed by atoms with E-state index in [1.165, 1.54) is 0 Å². The lowest BCUT2D eigenvalue weighted by Gasteiger charge is -2.04. The molecule has 0 bridgehead atoms. The molecule has 0 aliphatic carbocycles. The fourth-order valence-corrected chi connectivity index (χ4v) is 1.65. The zero-order valence-electron chi connectivity index (χ0n) is 11.1. The second kappa shape index (κ2) is 13.1. The molecule has 0 radical (unpaired) electrons. The molecule has 0 atom stereocenters. The summed E-state index contributed by atoms with van der Waals surface area (Å²) in [6.07, 6.45) is 5.62. The Labute approximate surface area is 138 Å². The van der Waals surface area contributed by atoms with Gasteiger partial charge in [-0.15, -0.1) is 37.2 Å². The van der Waals surface area contributed by atoms with Crippen molar-refractivity contribution in [3.05, 3.63) is 60.2 Å². The highest BCUT2D eigenvalue weighted by Crippen LogP contribution is 1.95. The minimum absolute atomic E-state index is 0. The van der Waals surface area contributed by atoms with E-state index in [1.807, 2.05) is 36.7 Å². The lowest BCUT2D eigenvalue weighted by atomic mass is 10.2. The molecular formula is C14H20Cl3N3. The molecule has 0 fully saturated rings. The minimum Gasteiger partial charge on any atom is -0.316 e. The summed E-state index contributed by atoms with van der Waals surface area (Å²) < 4.78 is 0. The standard InChI is InChI=1S/C14H17N3.3ClH/c1-3-9-16-13(5-1)7-11-15-12-8-14-6-2-4-10-17-14;;;/h1-6,9-10,15H,7-8,11-12H2;3*1H. The molecule has 2 aromatic heterocycles. The quantitative estimate of drug-likeness (QED) is 0.824. The van der Waals surface area contributed by atoms with Crippen LogP contribution in [0.1, 0.15) is 11.4 Å². The van der Waals surface area contributed by atoms with E-state index in [0.717, 1.165) is 37.3 Å². The van der Waals surface area contributed by atoms with E-state index in [-0.39, 0.29) is 37.2 Å². The highest BCUT2D eigenvalue weighted by atomic mass is 35.5. The zero-order chi connectivity index (χ0) is 11.8. The molecule has 0 saturated carbocycles. The summed E-state index contributed by atoms with van der Waals surface area (Å²) in [4.78, 5) is 8.56. The largest absolute Gasteiger partial charge is 0.316 e. The van der Waals surface area contributed by atoms with Crippen molar-refractivity contribution in [2.24, 2.45) is 0 Å². The maximum Gasteiger partial charge on any atom is 0.0416 e. The van der Waals surface area contributed by atoms with Crippen molar-refractivity contribution >= 4 is 37.2 Å². The van der Waals surface area contributed by atoms with Gasteiger partial charge in [-0.2, -0.15) is 0 Å². The molecule has 6 heteroatoms. The summed E-state index contributed by atoms with van der Waals surface area (Å²) in [6.45, 7) is 1.92. The van der Waals surface area contributed by atoms with Gasteiger partial charge in [0, 0.05) is 49.7 Å². The number of pyridine rings is 2. The number of hydrogen-bond donors (Lipinski definition) is 1. The molecule has 0 aliphatic heterocycles. The third kappa shape index (κ3) is 8.33. The van der Waals surface area contributed by atoms with E-state index in [2.05, 4.69) is 27.4 Å². The number of aromatic nitrogens is 2. The molecule has 112 valence electrons. The normalized spacial score (nSPS) is 8.80. The third-order valence-electron chi connectivity index (χ3n) is 2.57. The van der Waals surface area contributed by atoms with Crippen LogP contribution in [0.4, 0.5) is 0 Å². The maximum absolute atomic E-state index is 4.28. The predicted molar refractivity (Wildman–Crippen MR) is 90.5 cm³/mol. The van der Waals surface area contributed by atoms with Crippen molar-refractivity contribution < 1.29 is 0 Å². The van der Waals surface area contributed by atoms with Gasteiger partial charge in [0.15, 0.2) is 0 Å². The molecular weight excluding hydrogens is 317 g/mol. The van der Waals surface area contributed by atoms with Gasteiger partial charge < -0.3 is 5.32 Å². The van der Waals surface area contributed by atoms with Gasteiger partial charge in [-0.3, -0.25) is 9.97 Å². The topological polar surface area (TPSA) is 37.8 Å². The Kier molecular flexibility index (Phi) is 14.1. The second-order valence-corrected chi connectivity index (χ2v) is 3.89. The predicted octanol–water partition coefficient (Wildman–Crippen LogP) is 3.12. The number of halogens is 3. The van der Waals surface area contributed by atoms with Crippen molar-refractivity contribution in [1.29, 1.82) is 0 Å². The number of nitrogens with zero attached hydrogens (tertiary/aromatic N) is 2. The average molecular weight is 337 g/mol. The van der Waals surface area contributed by atoms with Gasteiger partial charge >= 0.3 is 0 Å². The third-order valence-corrected chi connectivity index (χ3v) is 2.57. The Morgan fingerprint density at radius 2 is 1.15 bits per heavy atom. The number of nitrogens with one attached hydrogen (secondary N) is 1. The van der Waals surface area contributed by atoms with Crippen molar-refractivity contribution in [1.82, 2.24) is 15.3 Å². The van der Waals surface area contributed by atoms with Gasteiger partial charge in [0.1, 0.15) is 0 Å². The van der Waals surface area contributed by atoms with Gasteiger partial charge in [0.2, 0.25) is 0 Å². The van der Waals surface area contributed by atoms with E-state index in [1.54, 1.807) is 0 Å². The summed E-state index contributed by atoms with van der Waals surface area (Å²) in [5.74, 6) is 0. The fraction of sp³-hybridized carbons (Fsp3) is 0.286. The molecule has 0 saturated heterocycles. The molecule has 2 heterocycles. The second-order valence-electron chi connectivity index (χ2n) is 3.89. The van der Waals surface area contributed by atoms with E-state index in [4.69, 9.17) is 0 Å². The SMILES string of the molecule is Cl.Cl.Cl.c1ccc(CCNCCc2ccccn2)nc1. The van der Waals surface area contributed by atoms with Crippen LogP contribution in [-0.2, 0) is 12.8 Å². The zero-order valence-corrected chi connectivity index (χ0v) is 13.5. The molecule has 1 N–H and O–H groups in total. The Balaban J connectivity index is 0. The first-order valence-corrected chi connectivity index (χ1v) is 5.96. The van der Waals surface area contributed by atoms with E-state index in [9.17, 15) is 0 Å². The van der Waals surface area contributed by atoms with Crippen molar-refractivity contribution in [3.63, 3.8) is 0 Å². The van der Waals surface area contributed by atoms with Crippen LogP contribution in [0.15, 0.2) is 48.8 Å². The van der Waals surface area contributed by atoms with Gasteiger partial charge in [-0.05, 0) is 24.3 Å². The van der Waals surface area contributed by atoms with E-state index >= 15 is 0 Å². The Hall–Kier alpha value is -0.870. The first kappa shape index (κ1) is 21.4. The highest BCUT2D eigenvalue weighted by Gasteiger charge is 1.94. The number of hydrogen-bond acceptors (Lipinski definition) is 3. The van der Waals surface area contributed by atoms with Crippen molar-refractivity contribution in [2.45, 2.75) is 12.8 Å². The molecule has 0 aliphatic rings.